The Hall–Kier alpha value is -0.190. The van der Waals surface area contributed by atoms with Gasteiger partial charge in [-0.05, 0) is 18.4 Å². The van der Waals surface area contributed by atoms with Gasteiger partial charge in [-0.25, -0.2) is 0 Å². The SMILES string of the molecule is CC(CS(C)=O)NCc1cccs1. The maximum absolute atomic E-state index is 10.9. The standard InChI is InChI=1S/C9H15NOS2/c1-8(7-13(2)11)10-6-9-4-3-5-12-9/h3-5,8,10H,6-7H2,1-2H3. The second-order valence-electron chi connectivity index (χ2n) is 3.10. The quantitative estimate of drug-likeness (QED) is 0.812. The Labute approximate surface area is 85.8 Å². The molecular weight excluding hydrogens is 202 g/mol. The van der Waals surface area contributed by atoms with E-state index in [0.29, 0.717) is 6.04 Å². The molecule has 0 aliphatic rings. The summed E-state index contributed by atoms with van der Waals surface area (Å²) in [6.07, 6.45) is 1.74. The van der Waals surface area contributed by atoms with Gasteiger partial charge in [-0.1, -0.05) is 6.07 Å². The Morgan fingerprint density at radius 3 is 3.00 bits per heavy atom. The van der Waals surface area contributed by atoms with Crippen LogP contribution in [0.2, 0.25) is 0 Å². The molecular formula is C9H15NOS2. The van der Waals surface area contributed by atoms with Crippen molar-refractivity contribution in [2.24, 2.45) is 0 Å². The van der Waals surface area contributed by atoms with Crippen LogP contribution >= 0.6 is 11.3 Å². The first-order valence-electron chi connectivity index (χ1n) is 4.24. The zero-order chi connectivity index (χ0) is 9.68. The summed E-state index contributed by atoms with van der Waals surface area (Å²) < 4.78 is 10.9. The minimum Gasteiger partial charge on any atom is -0.308 e. The smallest absolute Gasteiger partial charge is 0.0383 e. The zero-order valence-electron chi connectivity index (χ0n) is 7.95. The van der Waals surface area contributed by atoms with Gasteiger partial charge < -0.3 is 5.32 Å². The van der Waals surface area contributed by atoms with E-state index in [1.54, 1.807) is 17.6 Å². The van der Waals surface area contributed by atoms with E-state index >= 15 is 0 Å². The van der Waals surface area contributed by atoms with E-state index in [1.807, 2.05) is 6.07 Å². The third-order valence-corrected chi connectivity index (χ3v) is 3.54. The summed E-state index contributed by atoms with van der Waals surface area (Å²) in [5.41, 5.74) is 0. The number of hydrogen-bond acceptors (Lipinski definition) is 3. The van der Waals surface area contributed by atoms with Gasteiger partial charge in [-0.2, -0.15) is 0 Å². The fraction of sp³-hybridized carbons (Fsp3) is 0.556. The number of nitrogens with one attached hydrogen (secondary N) is 1. The third-order valence-electron chi connectivity index (χ3n) is 1.69. The highest BCUT2D eigenvalue weighted by molar-refractivity contribution is 7.84. The summed E-state index contributed by atoms with van der Waals surface area (Å²) in [6, 6.07) is 4.48. The molecule has 2 nitrogen and oxygen atoms in total. The summed E-state index contributed by atoms with van der Waals surface area (Å²) in [7, 11) is -0.703. The molecule has 0 aliphatic heterocycles. The van der Waals surface area contributed by atoms with Crippen LogP contribution in [-0.4, -0.2) is 22.3 Å². The number of rotatable bonds is 5. The predicted molar refractivity (Wildman–Crippen MR) is 59.6 cm³/mol. The van der Waals surface area contributed by atoms with E-state index in [4.69, 9.17) is 0 Å². The molecule has 2 unspecified atom stereocenters. The van der Waals surface area contributed by atoms with Gasteiger partial charge in [-0.3, -0.25) is 4.21 Å². The predicted octanol–water partition coefficient (Wildman–Crippen LogP) is 1.60. The first-order chi connectivity index (χ1) is 6.18. The Bertz CT molecular complexity index is 259. The molecule has 4 heteroatoms. The molecule has 13 heavy (non-hydrogen) atoms. The van der Waals surface area contributed by atoms with Crippen LogP contribution in [0.5, 0.6) is 0 Å². The van der Waals surface area contributed by atoms with Crippen molar-refractivity contribution in [2.75, 3.05) is 12.0 Å². The maximum Gasteiger partial charge on any atom is 0.0383 e. The fourth-order valence-electron chi connectivity index (χ4n) is 1.10. The molecule has 0 spiro atoms. The van der Waals surface area contributed by atoms with Crippen molar-refractivity contribution in [1.82, 2.24) is 5.32 Å². The Morgan fingerprint density at radius 2 is 2.46 bits per heavy atom. The summed E-state index contributed by atoms with van der Waals surface area (Å²) in [5.74, 6) is 0.728. The molecule has 0 bridgehead atoms. The molecule has 0 amide bonds. The first-order valence-corrected chi connectivity index (χ1v) is 6.85. The largest absolute Gasteiger partial charge is 0.308 e. The van der Waals surface area contributed by atoms with E-state index < -0.39 is 10.8 Å². The molecule has 0 saturated heterocycles. The lowest BCUT2D eigenvalue weighted by molar-refractivity contribution is 0.591. The lowest BCUT2D eigenvalue weighted by Crippen LogP contribution is -2.30. The van der Waals surface area contributed by atoms with Crippen molar-refractivity contribution in [1.29, 1.82) is 0 Å². The number of thiophene rings is 1. The van der Waals surface area contributed by atoms with Crippen LogP contribution in [0.4, 0.5) is 0 Å². The summed E-state index contributed by atoms with van der Waals surface area (Å²) in [4.78, 5) is 1.33. The van der Waals surface area contributed by atoms with Gasteiger partial charge in [0.15, 0.2) is 0 Å². The second kappa shape index (κ2) is 5.52. The molecule has 1 rings (SSSR count). The summed E-state index contributed by atoms with van der Waals surface area (Å²) in [6.45, 7) is 2.95. The van der Waals surface area contributed by atoms with Gasteiger partial charge in [0.05, 0.1) is 0 Å². The van der Waals surface area contributed by atoms with Crippen LogP contribution in [0, 0.1) is 0 Å². The van der Waals surface area contributed by atoms with Gasteiger partial charge in [0.1, 0.15) is 0 Å². The van der Waals surface area contributed by atoms with E-state index in [2.05, 4.69) is 23.7 Å². The van der Waals surface area contributed by atoms with Crippen molar-refractivity contribution in [3.63, 3.8) is 0 Å². The van der Waals surface area contributed by atoms with E-state index in [1.165, 1.54) is 4.88 Å². The highest BCUT2D eigenvalue weighted by Crippen LogP contribution is 2.07. The van der Waals surface area contributed by atoms with Crippen LogP contribution in [0.15, 0.2) is 17.5 Å². The van der Waals surface area contributed by atoms with Crippen LogP contribution in [0.3, 0.4) is 0 Å². The minimum atomic E-state index is -0.703. The lowest BCUT2D eigenvalue weighted by atomic mass is 10.3. The highest BCUT2D eigenvalue weighted by Gasteiger charge is 2.03. The lowest BCUT2D eigenvalue weighted by Gasteiger charge is -2.10. The van der Waals surface area contributed by atoms with Crippen LogP contribution in [0.25, 0.3) is 0 Å². The Balaban J connectivity index is 2.22. The maximum atomic E-state index is 10.9. The average Bonchev–Trinajstić information content (AvgIpc) is 2.51. The van der Waals surface area contributed by atoms with E-state index in [-0.39, 0.29) is 0 Å². The third kappa shape index (κ3) is 4.55. The average molecular weight is 217 g/mol. The number of hydrogen-bond donors (Lipinski definition) is 1. The van der Waals surface area contributed by atoms with E-state index in [9.17, 15) is 4.21 Å². The molecule has 1 N–H and O–H groups in total. The molecule has 0 aliphatic carbocycles. The fourth-order valence-corrected chi connectivity index (χ4v) is 2.58. The molecule has 0 aromatic carbocycles. The molecule has 1 heterocycles. The highest BCUT2D eigenvalue weighted by atomic mass is 32.2. The van der Waals surface area contributed by atoms with Gasteiger partial charge in [0, 0.05) is 40.3 Å². The molecule has 1 aromatic rings. The van der Waals surface area contributed by atoms with Crippen LogP contribution < -0.4 is 5.32 Å². The molecule has 0 fully saturated rings. The Kier molecular flexibility index (Phi) is 4.62. The molecule has 1 aromatic heterocycles. The normalized spacial score (nSPS) is 15.5. The van der Waals surface area contributed by atoms with Gasteiger partial charge >= 0.3 is 0 Å². The molecule has 0 radical (unpaired) electrons. The molecule has 0 saturated carbocycles. The van der Waals surface area contributed by atoms with Crippen molar-refractivity contribution in [2.45, 2.75) is 19.5 Å². The van der Waals surface area contributed by atoms with Gasteiger partial charge in [-0.15, -0.1) is 11.3 Å². The van der Waals surface area contributed by atoms with E-state index in [0.717, 1.165) is 12.3 Å². The van der Waals surface area contributed by atoms with Crippen molar-refractivity contribution in [3.8, 4) is 0 Å². The Morgan fingerprint density at radius 1 is 1.69 bits per heavy atom. The summed E-state index contributed by atoms with van der Waals surface area (Å²) in [5, 5.41) is 5.40. The van der Waals surface area contributed by atoms with Crippen molar-refractivity contribution >= 4 is 22.1 Å². The van der Waals surface area contributed by atoms with Crippen LogP contribution in [0.1, 0.15) is 11.8 Å². The van der Waals surface area contributed by atoms with Crippen molar-refractivity contribution < 1.29 is 4.21 Å². The molecule has 74 valence electrons. The zero-order valence-corrected chi connectivity index (χ0v) is 9.58. The van der Waals surface area contributed by atoms with Gasteiger partial charge in [0.25, 0.3) is 0 Å². The molecule has 2 atom stereocenters. The summed E-state index contributed by atoms with van der Waals surface area (Å²) >= 11 is 1.75. The topological polar surface area (TPSA) is 29.1 Å². The first kappa shape index (κ1) is 10.9. The minimum absolute atomic E-state index is 0.327. The van der Waals surface area contributed by atoms with Crippen LogP contribution in [-0.2, 0) is 17.3 Å². The second-order valence-corrected chi connectivity index (χ2v) is 5.61. The van der Waals surface area contributed by atoms with Gasteiger partial charge in [0.2, 0.25) is 0 Å². The van der Waals surface area contributed by atoms with Crippen molar-refractivity contribution in [3.05, 3.63) is 22.4 Å². The monoisotopic (exact) mass is 217 g/mol.